The van der Waals surface area contributed by atoms with Crippen molar-refractivity contribution in [2.75, 3.05) is 18.4 Å². The van der Waals surface area contributed by atoms with Gasteiger partial charge in [0, 0.05) is 18.7 Å². The molecule has 0 saturated carbocycles. The maximum Gasteiger partial charge on any atom is 0.416 e. The number of aliphatic hydroxyl groups excluding tert-OH is 1. The summed E-state index contributed by atoms with van der Waals surface area (Å²) in [6, 6.07) is 2.38. The highest BCUT2D eigenvalue weighted by atomic mass is 19.4. The standard InChI is InChI=1S/C15H16F3N5O2/c1-7-13(9-3-2-8(4-11(9)24)15(16,17)18)22-23-14(20-7)21-10-5-19-6-12(10)25/h2-4,10,12,19,24-25H,5-6H2,1H3,(H,20,21,23)/t10-,12-/m1/s1. The van der Waals surface area contributed by atoms with Crippen molar-refractivity contribution in [2.24, 2.45) is 0 Å². The lowest BCUT2D eigenvalue weighted by atomic mass is 10.1. The van der Waals surface area contributed by atoms with Crippen molar-refractivity contribution >= 4 is 5.95 Å². The Kier molecular flexibility index (Phi) is 4.48. The van der Waals surface area contributed by atoms with Crippen LogP contribution < -0.4 is 10.6 Å². The van der Waals surface area contributed by atoms with Gasteiger partial charge in [-0.05, 0) is 25.1 Å². The fourth-order valence-corrected chi connectivity index (χ4v) is 2.60. The monoisotopic (exact) mass is 355 g/mol. The van der Waals surface area contributed by atoms with Crippen molar-refractivity contribution in [3.8, 4) is 17.0 Å². The summed E-state index contributed by atoms with van der Waals surface area (Å²) in [6.45, 7) is 2.61. The summed E-state index contributed by atoms with van der Waals surface area (Å²) in [5.74, 6) is -0.356. The number of nitrogens with one attached hydrogen (secondary N) is 2. The lowest BCUT2D eigenvalue weighted by molar-refractivity contribution is -0.137. The van der Waals surface area contributed by atoms with Crippen LogP contribution in [0.1, 0.15) is 11.3 Å². The van der Waals surface area contributed by atoms with E-state index in [0.29, 0.717) is 24.8 Å². The highest BCUT2D eigenvalue weighted by Crippen LogP contribution is 2.36. The number of phenolic OH excluding ortho intramolecular Hbond substituents is 1. The number of aliphatic hydroxyl groups is 1. The van der Waals surface area contributed by atoms with Gasteiger partial charge < -0.3 is 20.8 Å². The van der Waals surface area contributed by atoms with Crippen LogP contribution in [0.2, 0.25) is 0 Å². The van der Waals surface area contributed by atoms with E-state index in [4.69, 9.17) is 0 Å². The van der Waals surface area contributed by atoms with Crippen LogP contribution in [0.4, 0.5) is 19.1 Å². The molecule has 1 aromatic carbocycles. The highest BCUT2D eigenvalue weighted by Gasteiger charge is 2.31. The normalized spacial score (nSPS) is 20.7. The molecule has 7 nitrogen and oxygen atoms in total. The fraction of sp³-hybridized carbons (Fsp3) is 0.400. The predicted octanol–water partition coefficient (Wildman–Crippen LogP) is 1.32. The second kappa shape index (κ2) is 6.45. The number of aromatic nitrogens is 3. The number of nitrogens with zero attached hydrogens (tertiary/aromatic N) is 3. The summed E-state index contributed by atoms with van der Waals surface area (Å²) in [6.07, 6.45) is -5.12. The van der Waals surface area contributed by atoms with Gasteiger partial charge in [0.2, 0.25) is 5.95 Å². The zero-order valence-electron chi connectivity index (χ0n) is 13.2. The van der Waals surface area contributed by atoms with E-state index in [1.807, 2.05) is 0 Å². The molecule has 2 aromatic rings. The molecule has 2 atom stereocenters. The molecule has 0 amide bonds. The highest BCUT2D eigenvalue weighted by molar-refractivity contribution is 5.69. The number of hydrogen-bond donors (Lipinski definition) is 4. The van der Waals surface area contributed by atoms with Crippen molar-refractivity contribution in [3.05, 3.63) is 29.5 Å². The molecule has 1 aromatic heterocycles. The number of halogens is 3. The van der Waals surface area contributed by atoms with Crippen LogP contribution in [-0.4, -0.2) is 50.6 Å². The average molecular weight is 355 g/mol. The first-order valence-electron chi connectivity index (χ1n) is 7.53. The average Bonchev–Trinajstić information content (AvgIpc) is 2.92. The van der Waals surface area contributed by atoms with Gasteiger partial charge in [0.25, 0.3) is 0 Å². The van der Waals surface area contributed by atoms with E-state index < -0.39 is 23.6 Å². The first-order chi connectivity index (χ1) is 11.8. The quantitative estimate of drug-likeness (QED) is 0.658. The van der Waals surface area contributed by atoms with Gasteiger partial charge in [-0.3, -0.25) is 0 Å². The minimum atomic E-state index is -4.54. The molecule has 25 heavy (non-hydrogen) atoms. The van der Waals surface area contributed by atoms with Crippen LogP contribution in [0.3, 0.4) is 0 Å². The Bertz CT molecular complexity index is 784. The molecule has 0 spiro atoms. The van der Waals surface area contributed by atoms with Crippen LogP contribution in [-0.2, 0) is 6.18 Å². The summed E-state index contributed by atoms with van der Waals surface area (Å²) in [7, 11) is 0. The second-order valence-corrected chi connectivity index (χ2v) is 5.78. The molecule has 4 N–H and O–H groups in total. The first kappa shape index (κ1) is 17.4. The smallest absolute Gasteiger partial charge is 0.416 e. The van der Waals surface area contributed by atoms with Crippen LogP contribution in [0.25, 0.3) is 11.3 Å². The van der Waals surface area contributed by atoms with Gasteiger partial charge in [0.05, 0.1) is 23.4 Å². The largest absolute Gasteiger partial charge is 0.507 e. The number of hydrogen-bond acceptors (Lipinski definition) is 7. The Labute approximate surface area is 140 Å². The number of anilines is 1. The summed E-state index contributed by atoms with van der Waals surface area (Å²) in [5.41, 5.74) is -0.275. The molecule has 10 heteroatoms. The van der Waals surface area contributed by atoms with E-state index in [9.17, 15) is 23.4 Å². The van der Waals surface area contributed by atoms with Gasteiger partial charge in [-0.25, -0.2) is 4.98 Å². The molecule has 134 valence electrons. The summed E-state index contributed by atoms with van der Waals surface area (Å²) < 4.78 is 38.0. The van der Waals surface area contributed by atoms with E-state index in [2.05, 4.69) is 25.8 Å². The zero-order chi connectivity index (χ0) is 18.2. The van der Waals surface area contributed by atoms with Crippen LogP contribution in [0.5, 0.6) is 5.75 Å². The first-order valence-corrected chi connectivity index (χ1v) is 7.53. The molecule has 1 fully saturated rings. The topological polar surface area (TPSA) is 103 Å². The van der Waals surface area contributed by atoms with Crippen LogP contribution in [0, 0.1) is 6.92 Å². The molecular weight excluding hydrogens is 339 g/mol. The van der Waals surface area contributed by atoms with E-state index in [1.54, 1.807) is 6.92 Å². The van der Waals surface area contributed by atoms with Crippen molar-refractivity contribution in [3.63, 3.8) is 0 Å². The molecule has 0 radical (unpaired) electrons. The SMILES string of the molecule is Cc1nc(N[C@@H]2CNC[C@H]2O)nnc1-c1ccc(C(F)(F)F)cc1O. The van der Waals surface area contributed by atoms with E-state index in [1.165, 1.54) is 0 Å². The molecule has 1 aliphatic rings. The van der Waals surface area contributed by atoms with Crippen LogP contribution >= 0.6 is 0 Å². The second-order valence-electron chi connectivity index (χ2n) is 5.78. The lowest BCUT2D eigenvalue weighted by Crippen LogP contribution is -2.33. The van der Waals surface area contributed by atoms with Gasteiger partial charge >= 0.3 is 6.18 Å². The Morgan fingerprint density at radius 2 is 2.00 bits per heavy atom. The predicted molar refractivity (Wildman–Crippen MR) is 83.0 cm³/mol. The number of aryl methyl sites for hydroxylation is 1. The molecule has 2 heterocycles. The van der Waals surface area contributed by atoms with Crippen molar-refractivity contribution in [2.45, 2.75) is 25.2 Å². The minimum absolute atomic E-state index is 0.111. The van der Waals surface area contributed by atoms with E-state index in [-0.39, 0.29) is 23.2 Å². The zero-order valence-corrected chi connectivity index (χ0v) is 13.2. The van der Waals surface area contributed by atoms with Crippen molar-refractivity contribution in [1.82, 2.24) is 20.5 Å². The van der Waals surface area contributed by atoms with Crippen molar-refractivity contribution in [1.29, 1.82) is 0 Å². The minimum Gasteiger partial charge on any atom is -0.507 e. The Hall–Kier alpha value is -2.46. The molecule has 3 rings (SSSR count). The van der Waals surface area contributed by atoms with E-state index >= 15 is 0 Å². The number of benzene rings is 1. The van der Waals surface area contributed by atoms with Crippen molar-refractivity contribution < 1.29 is 23.4 Å². The molecule has 0 unspecified atom stereocenters. The van der Waals surface area contributed by atoms with Gasteiger partial charge in [-0.1, -0.05) is 0 Å². The number of phenols is 1. The third kappa shape index (κ3) is 3.64. The van der Waals surface area contributed by atoms with E-state index in [0.717, 1.165) is 12.1 Å². The Morgan fingerprint density at radius 1 is 1.24 bits per heavy atom. The third-order valence-corrected chi connectivity index (χ3v) is 3.94. The maximum absolute atomic E-state index is 12.7. The molecule has 0 aliphatic carbocycles. The van der Waals surface area contributed by atoms with Crippen LogP contribution in [0.15, 0.2) is 18.2 Å². The number of aromatic hydroxyl groups is 1. The number of alkyl halides is 3. The summed E-state index contributed by atoms with van der Waals surface area (Å²) in [4.78, 5) is 4.20. The molecule has 0 bridgehead atoms. The summed E-state index contributed by atoms with van der Waals surface area (Å²) >= 11 is 0. The number of β-amino-alcohol motifs (C(OH)–C–C–N with tert-alkyl or cyclic N) is 1. The molecule has 1 aliphatic heterocycles. The Morgan fingerprint density at radius 3 is 2.56 bits per heavy atom. The third-order valence-electron chi connectivity index (χ3n) is 3.94. The van der Waals surface area contributed by atoms with Gasteiger partial charge in [-0.2, -0.15) is 13.2 Å². The van der Waals surface area contributed by atoms with Gasteiger partial charge in [0.15, 0.2) is 0 Å². The maximum atomic E-state index is 12.7. The number of rotatable bonds is 3. The lowest BCUT2D eigenvalue weighted by Gasteiger charge is -2.16. The van der Waals surface area contributed by atoms with Gasteiger partial charge in [-0.15, -0.1) is 10.2 Å². The fourth-order valence-electron chi connectivity index (χ4n) is 2.60. The van der Waals surface area contributed by atoms with Gasteiger partial charge in [0.1, 0.15) is 11.4 Å². The molecular formula is C15H16F3N5O2. The summed E-state index contributed by atoms with van der Waals surface area (Å²) in [5, 5.41) is 33.5. The Balaban J connectivity index is 1.86. The molecule has 1 saturated heterocycles.